The van der Waals surface area contributed by atoms with E-state index in [4.69, 9.17) is 5.26 Å². The molecule has 0 aliphatic rings. The van der Waals surface area contributed by atoms with Crippen LogP contribution in [0.3, 0.4) is 0 Å². The monoisotopic (exact) mass is 201 g/mol. The Balaban J connectivity index is 2.98. The highest BCUT2D eigenvalue weighted by atomic mass is 16.1. The number of benzene rings is 1. The van der Waals surface area contributed by atoms with Crippen LogP contribution >= 0.6 is 0 Å². The number of aryl methyl sites for hydroxylation is 1. The van der Waals surface area contributed by atoms with Gasteiger partial charge in [0, 0.05) is 5.92 Å². The molecule has 2 heteroatoms. The molecule has 0 radical (unpaired) electrons. The molecule has 0 N–H and O–H groups in total. The Morgan fingerprint density at radius 2 is 2.20 bits per heavy atom. The lowest BCUT2D eigenvalue weighted by atomic mass is 9.95. The maximum Gasteiger partial charge on any atom is 0.123 e. The van der Waals surface area contributed by atoms with Crippen molar-refractivity contribution in [1.29, 1.82) is 5.26 Å². The highest BCUT2D eigenvalue weighted by Crippen LogP contribution is 2.16. The molecule has 0 bridgehead atoms. The van der Waals surface area contributed by atoms with E-state index in [9.17, 15) is 4.79 Å². The normalized spacial score (nSPS) is 11.8. The number of hydrogen-bond donors (Lipinski definition) is 0. The number of hydrogen-bond acceptors (Lipinski definition) is 2. The zero-order valence-electron chi connectivity index (χ0n) is 9.16. The van der Waals surface area contributed by atoms with Crippen LogP contribution in [0.1, 0.15) is 30.5 Å². The molecule has 0 saturated heterocycles. The molecule has 0 spiro atoms. The molecule has 1 rings (SSSR count). The topological polar surface area (TPSA) is 40.9 Å². The van der Waals surface area contributed by atoms with Crippen molar-refractivity contribution in [2.45, 2.75) is 26.7 Å². The largest absolute Gasteiger partial charge is 0.303 e. The predicted molar refractivity (Wildman–Crippen MR) is 59.5 cm³/mol. The van der Waals surface area contributed by atoms with Crippen LogP contribution < -0.4 is 0 Å². The van der Waals surface area contributed by atoms with E-state index in [2.05, 4.69) is 13.0 Å². The summed E-state index contributed by atoms with van der Waals surface area (Å²) in [6.45, 7) is 3.97. The molecule has 0 aromatic heterocycles. The van der Waals surface area contributed by atoms with Crippen LogP contribution in [-0.4, -0.2) is 6.29 Å². The first-order valence-electron chi connectivity index (χ1n) is 5.18. The Bertz CT molecular complexity index is 390. The summed E-state index contributed by atoms with van der Waals surface area (Å²) in [6.07, 6.45) is 2.63. The molecule has 0 fully saturated rings. The Morgan fingerprint density at radius 1 is 1.47 bits per heavy atom. The zero-order valence-corrected chi connectivity index (χ0v) is 9.16. The van der Waals surface area contributed by atoms with Crippen molar-refractivity contribution in [2.75, 3.05) is 0 Å². The fourth-order valence-electron chi connectivity index (χ4n) is 1.62. The van der Waals surface area contributed by atoms with Crippen molar-refractivity contribution >= 4 is 6.29 Å². The molecule has 15 heavy (non-hydrogen) atoms. The third-order valence-electron chi connectivity index (χ3n) is 2.49. The van der Waals surface area contributed by atoms with Gasteiger partial charge in [-0.1, -0.05) is 19.9 Å². The van der Waals surface area contributed by atoms with Crippen molar-refractivity contribution in [3.05, 3.63) is 34.9 Å². The fraction of sp³-hybridized carbons (Fsp3) is 0.385. The molecule has 1 aromatic rings. The van der Waals surface area contributed by atoms with Crippen LogP contribution in [0.25, 0.3) is 0 Å². The van der Waals surface area contributed by atoms with E-state index in [-0.39, 0.29) is 5.92 Å². The number of nitriles is 1. The molecule has 2 nitrogen and oxygen atoms in total. The van der Waals surface area contributed by atoms with Crippen LogP contribution in [0.5, 0.6) is 0 Å². The summed E-state index contributed by atoms with van der Waals surface area (Å²) in [5.41, 5.74) is 3.04. The van der Waals surface area contributed by atoms with E-state index in [1.807, 2.05) is 25.1 Å². The van der Waals surface area contributed by atoms with Crippen molar-refractivity contribution < 1.29 is 4.79 Å². The van der Waals surface area contributed by atoms with Crippen LogP contribution in [0.4, 0.5) is 0 Å². The second kappa shape index (κ2) is 5.31. The van der Waals surface area contributed by atoms with Gasteiger partial charge in [0.25, 0.3) is 0 Å². The SMILES string of the molecule is CCc1cc(C#N)ccc1CC(C)C=O. The molecular formula is C13H15NO. The second-order valence-corrected chi connectivity index (χ2v) is 3.77. The van der Waals surface area contributed by atoms with Crippen LogP contribution in [0.2, 0.25) is 0 Å². The zero-order chi connectivity index (χ0) is 11.3. The molecule has 0 saturated carbocycles. The van der Waals surface area contributed by atoms with Crippen molar-refractivity contribution in [3.63, 3.8) is 0 Å². The van der Waals surface area contributed by atoms with E-state index in [0.29, 0.717) is 5.56 Å². The van der Waals surface area contributed by atoms with Gasteiger partial charge in [-0.3, -0.25) is 0 Å². The molecule has 1 atom stereocenters. The Morgan fingerprint density at radius 3 is 2.73 bits per heavy atom. The summed E-state index contributed by atoms with van der Waals surface area (Å²) in [5.74, 6) is 0.0447. The average molecular weight is 201 g/mol. The molecule has 0 heterocycles. The van der Waals surface area contributed by atoms with Gasteiger partial charge in [-0.05, 0) is 36.1 Å². The van der Waals surface area contributed by atoms with Crippen molar-refractivity contribution in [2.24, 2.45) is 5.92 Å². The summed E-state index contributed by atoms with van der Waals surface area (Å²) < 4.78 is 0. The number of nitrogens with zero attached hydrogens (tertiary/aromatic N) is 1. The lowest BCUT2D eigenvalue weighted by Crippen LogP contribution is -2.03. The summed E-state index contributed by atoms with van der Waals surface area (Å²) in [6, 6.07) is 7.80. The van der Waals surface area contributed by atoms with Gasteiger partial charge >= 0.3 is 0 Å². The van der Waals surface area contributed by atoms with Crippen molar-refractivity contribution in [1.82, 2.24) is 0 Å². The molecule has 0 aliphatic carbocycles. The van der Waals surface area contributed by atoms with Gasteiger partial charge in [0.05, 0.1) is 11.6 Å². The molecule has 78 valence electrons. The molecule has 1 unspecified atom stereocenters. The van der Waals surface area contributed by atoms with E-state index in [0.717, 1.165) is 19.1 Å². The lowest BCUT2D eigenvalue weighted by molar-refractivity contribution is -0.110. The Hall–Kier alpha value is -1.62. The van der Waals surface area contributed by atoms with Gasteiger partial charge in [0.15, 0.2) is 0 Å². The number of carbonyl (C=O) groups excluding carboxylic acids is 1. The summed E-state index contributed by atoms with van der Waals surface area (Å²) >= 11 is 0. The molecular weight excluding hydrogens is 186 g/mol. The van der Waals surface area contributed by atoms with Crippen LogP contribution in [0.15, 0.2) is 18.2 Å². The summed E-state index contributed by atoms with van der Waals surface area (Å²) in [7, 11) is 0. The molecule has 0 aliphatic heterocycles. The highest BCUT2D eigenvalue weighted by Gasteiger charge is 2.06. The minimum absolute atomic E-state index is 0.0447. The first-order valence-corrected chi connectivity index (χ1v) is 5.18. The highest BCUT2D eigenvalue weighted by molar-refractivity contribution is 5.54. The summed E-state index contributed by atoms with van der Waals surface area (Å²) in [5, 5.41) is 8.77. The van der Waals surface area contributed by atoms with Gasteiger partial charge in [-0.15, -0.1) is 0 Å². The van der Waals surface area contributed by atoms with Crippen molar-refractivity contribution in [3.8, 4) is 6.07 Å². The first kappa shape index (κ1) is 11.5. The number of carbonyl (C=O) groups is 1. The standard InChI is InChI=1S/C13H15NO/c1-3-12-7-11(8-14)4-5-13(12)6-10(2)9-15/h4-5,7,9-10H,3,6H2,1-2H3. The lowest BCUT2D eigenvalue weighted by Gasteiger charge is -2.09. The second-order valence-electron chi connectivity index (χ2n) is 3.77. The minimum atomic E-state index is 0.0447. The predicted octanol–water partition coefficient (Wildman–Crippen LogP) is 2.50. The van der Waals surface area contributed by atoms with Gasteiger partial charge in [-0.2, -0.15) is 5.26 Å². The smallest absolute Gasteiger partial charge is 0.123 e. The Kier molecular flexibility index (Phi) is 4.05. The third kappa shape index (κ3) is 2.92. The maximum absolute atomic E-state index is 10.6. The summed E-state index contributed by atoms with van der Waals surface area (Å²) in [4.78, 5) is 10.6. The number of aldehydes is 1. The van der Waals surface area contributed by atoms with Crippen LogP contribution in [-0.2, 0) is 17.6 Å². The third-order valence-corrected chi connectivity index (χ3v) is 2.49. The average Bonchev–Trinajstić information content (AvgIpc) is 2.29. The van der Waals surface area contributed by atoms with Gasteiger partial charge in [0.1, 0.15) is 6.29 Å². The van der Waals surface area contributed by atoms with Gasteiger partial charge < -0.3 is 4.79 Å². The first-order chi connectivity index (χ1) is 7.21. The molecule has 0 amide bonds. The fourth-order valence-corrected chi connectivity index (χ4v) is 1.62. The Labute approximate surface area is 90.5 Å². The van der Waals surface area contributed by atoms with E-state index in [1.54, 1.807) is 0 Å². The van der Waals surface area contributed by atoms with E-state index < -0.39 is 0 Å². The van der Waals surface area contributed by atoms with E-state index >= 15 is 0 Å². The maximum atomic E-state index is 10.6. The minimum Gasteiger partial charge on any atom is -0.303 e. The molecule has 1 aromatic carbocycles. The van der Waals surface area contributed by atoms with Gasteiger partial charge in [-0.25, -0.2) is 0 Å². The van der Waals surface area contributed by atoms with Gasteiger partial charge in [0.2, 0.25) is 0 Å². The number of rotatable bonds is 4. The quantitative estimate of drug-likeness (QED) is 0.702. The van der Waals surface area contributed by atoms with Crippen LogP contribution in [0, 0.1) is 17.2 Å². The van der Waals surface area contributed by atoms with E-state index in [1.165, 1.54) is 11.1 Å².